The number of benzene rings is 1. The van der Waals surface area contributed by atoms with Crippen LogP contribution in [0.25, 0.3) is 0 Å². The minimum absolute atomic E-state index is 0.0188. The van der Waals surface area contributed by atoms with Crippen LogP contribution in [-0.2, 0) is 9.59 Å². The van der Waals surface area contributed by atoms with Gasteiger partial charge < -0.3 is 14.9 Å². The number of hydrogen-bond acceptors (Lipinski definition) is 6. The molecule has 0 saturated carbocycles. The highest BCUT2D eigenvalue weighted by atomic mass is 16.5. The normalized spacial score (nSPS) is 22.6. The first kappa shape index (κ1) is 20.1. The molecule has 0 aromatic heterocycles. The van der Waals surface area contributed by atoms with Crippen LogP contribution in [0.4, 0.5) is 0 Å². The van der Waals surface area contributed by atoms with Gasteiger partial charge in [-0.2, -0.15) is 0 Å². The Morgan fingerprint density at radius 3 is 2.25 bits per heavy atom. The molecule has 2 N–H and O–H groups in total. The van der Waals surface area contributed by atoms with E-state index in [0.29, 0.717) is 23.8 Å². The van der Waals surface area contributed by atoms with Gasteiger partial charge in [-0.3, -0.25) is 14.4 Å². The fourth-order valence-electron chi connectivity index (χ4n) is 4.44. The molecule has 1 unspecified atom stereocenters. The fourth-order valence-corrected chi connectivity index (χ4v) is 4.44. The van der Waals surface area contributed by atoms with Crippen molar-refractivity contribution in [2.75, 3.05) is 0 Å². The molecule has 0 amide bonds. The number of carbonyl (C=O) groups excluding carboxylic acids is 3. The number of Topliss-reactive ketones (excluding diaryl/α,β-unsaturated/α-hetero) is 2. The summed E-state index contributed by atoms with van der Waals surface area (Å²) in [5, 5.41) is 20.7. The molecule has 1 aromatic rings. The summed E-state index contributed by atoms with van der Waals surface area (Å²) in [5.74, 6) is -1.42. The summed E-state index contributed by atoms with van der Waals surface area (Å²) in [4.78, 5) is 38.0. The first-order chi connectivity index (χ1) is 12.9. The molecular weight excluding hydrogens is 360 g/mol. The van der Waals surface area contributed by atoms with Gasteiger partial charge in [-0.1, -0.05) is 13.8 Å². The van der Waals surface area contributed by atoms with E-state index in [1.54, 1.807) is 27.7 Å². The predicted molar refractivity (Wildman–Crippen MR) is 103 cm³/mol. The number of phenolic OH excluding ortho intramolecular Hbond substituents is 2. The summed E-state index contributed by atoms with van der Waals surface area (Å²) in [7, 11) is 0. The van der Waals surface area contributed by atoms with Gasteiger partial charge in [-0.15, -0.1) is 0 Å². The zero-order valence-electron chi connectivity index (χ0n) is 17.0. The maximum Gasteiger partial charge on any atom is 0.175 e. The van der Waals surface area contributed by atoms with Crippen LogP contribution < -0.4 is 4.74 Å². The van der Waals surface area contributed by atoms with E-state index in [4.69, 9.17) is 4.74 Å². The first-order valence-electron chi connectivity index (χ1n) is 9.41. The van der Waals surface area contributed by atoms with Crippen molar-refractivity contribution in [1.29, 1.82) is 0 Å². The average molecular weight is 386 g/mol. The average Bonchev–Trinajstić information content (AvgIpc) is 2.58. The maximum absolute atomic E-state index is 13.4. The summed E-state index contributed by atoms with van der Waals surface area (Å²) in [6.07, 6.45) is 0.965. The molecule has 0 spiro atoms. The van der Waals surface area contributed by atoms with Crippen molar-refractivity contribution in [3.63, 3.8) is 0 Å². The molecule has 1 aliphatic heterocycles. The first-order valence-corrected chi connectivity index (χ1v) is 9.41. The van der Waals surface area contributed by atoms with Crippen molar-refractivity contribution in [2.45, 2.75) is 53.9 Å². The van der Waals surface area contributed by atoms with Crippen LogP contribution in [0.1, 0.15) is 69.8 Å². The van der Waals surface area contributed by atoms with Gasteiger partial charge in [0.1, 0.15) is 23.0 Å². The molecule has 6 nitrogen and oxygen atoms in total. The Bertz CT molecular complexity index is 933. The van der Waals surface area contributed by atoms with E-state index in [9.17, 15) is 24.6 Å². The molecule has 0 bridgehead atoms. The van der Waals surface area contributed by atoms with Crippen LogP contribution in [0.15, 0.2) is 17.4 Å². The molecule has 150 valence electrons. The van der Waals surface area contributed by atoms with E-state index < -0.39 is 22.5 Å². The molecular formula is C22H26O6. The Labute approximate surface area is 164 Å². The van der Waals surface area contributed by atoms with Gasteiger partial charge >= 0.3 is 0 Å². The Morgan fingerprint density at radius 2 is 1.71 bits per heavy atom. The number of fused-ring (bicyclic) bond motifs is 1. The lowest BCUT2D eigenvalue weighted by Crippen LogP contribution is -2.51. The second kappa shape index (κ2) is 6.19. The summed E-state index contributed by atoms with van der Waals surface area (Å²) < 4.78 is 5.97. The standard InChI is InChI=1S/C22H26O6/c1-10(2)7-11-15-14(25)8-13(24)12(9-23)17(15)28-19-16(11)18(26)21(3,4)20(27)22(19,5)6/h8-11,24-25H,7H2,1-6H3. The number of phenols is 2. The summed E-state index contributed by atoms with van der Waals surface area (Å²) in [6.45, 7) is 10.6. The van der Waals surface area contributed by atoms with Gasteiger partial charge in [0.2, 0.25) is 0 Å². The molecule has 28 heavy (non-hydrogen) atoms. The molecule has 3 rings (SSSR count). The molecule has 1 aromatic carbocycles. The summed E-state index contributed by atoms with van der Waals surface area (Å²) in [6, 6.07) is 1.10. The molecule has 0 fully saturated rings. The number of aromatic hydroxyl groups is 2. The highest BCUT2D eigenvalue weighted by molar-refractivity contribution is 6.20. The van der Waals surface area contributed by atoms with Crippen LogP contribution in [0, 0.1) is 16.7 Å². The van der Waals surface area contributed by atoms with E-state index in [2.05, 4.69) is 0 Å². The van der Waals surface area contributed by atoms with E-state index in [0.717, 1.165) is 6.07 Å². The highest BCUT2D eigenvalue weighted by Crippen LogP contribution is 2.57. The number of hydrogen-bond donors (Lipinski definition) is 2. The number of aldehydes is 1. The van der Waals surface area contributed by atoms with Gasteiger partial charge in [0, 0.05) is 23.1 Å². The molecule has 1 heterocycles. The van der Waals surface area contributed by atoms with Crippen LogP contribution in [-0.4, -0.2) is 28.1 Å². The van der Waals surface area contributed by atoms with Crippen molar-refractivity contribution in [3.8, 4) is 17.2 Å². The number of allylic oxidation sites excluding steroid dienone is 2. The highest BCUT2D eigenvalue weighted by Gasteiger charge is 2.57. The lowest BCUT2D eigenvalue weighted by atomic mass is 9.59. The number of ether oxygens (including phenoxy) is 1. The van der Waals surface area contributed by atoms with Gasteiger partial charge in [-0.25, -0.2) is 0 Å². The Kier molecular flexibility index (Phi) is 4.45. The fraction of sp³-hybridized carbons (Fsp3) is 0.500. The van der Waals surface area contributed by atoms with E-state index in [1.165, 1.54) is 0 Å². The molecule has 2 aliphatic rings. The van der Waals surface area contributed by atoms with Gasteiger partial charge in [0.05, 0.1) is 16.4 Å². The van der Waals surface area contributed by atoms with Gasteiger partial charge in [-0.05, 0) is 40.0 Å². The number of carbonyl (C=O) groups is 3. The molecule has 1 aliphatic carbocycles. The minimum Gasteiger partial charge on any atom is -0.507 e. The van der Waals surface area contributed by atoms with Crippen LogP contribution in [0.2, 0.25) is 0 Å². The van der Waals surface area contributed by atoms with Crippen LogP contribution in [0.5, 0.6) is 17.2 Å². The minimum atomic E-state index is -1.22. The van der Waals surface area contributed by atoms with Crippen molar-refractivity contribution >= 4 is 17.9 Å². The van der Waals surface area contributed by atoms with Crippen molar-refractivity contribution in [1.82, 2.24) is 0 Å². The zero-order chi connectivity index (χ0) is 21.2. The monoisotopic (exact) mass is 386 g/mol. The SMILES string of the molecule is CC(C)CC1C2=C(Oc3c(C=O)c(O)cc(O)c31)C(C)(C)C(=O)C(C)(C)C2=O. The maximum atomic E-state index is 13.4. The van der Waals surface area contributed by atoms with Gasteiger partial charge in [0.25, 0.3) is 0 Å². The zero-order valence-corrected chi connectivity index (χ0v) is 17.0. The largest absolute Gasteiger partial charge is 0.507 e. The summed E-state index contributed by atoms with van der Waals surface area (Å²) >= 11 is 0. The van der Waals surface area contributed by atoms with Crippen molar-refractivity contribution in [3.05, 3.63) is 28.5 Å². The van der Waals surface area contributed by atoms with Crippen LogP contribution in [0.3, 0.4) is 0 Å². The molecule has 1 atom stereocenters. The molecule has 0 radical (unpaired) electrons. The smallest absolute Gasteiger partial charge is 0.175 e. The number of ketones is 2. The van der Waals surface area contributed by atoms with E-state index >= 15 is 0 Å². The number of rotatable bonds is 3. The Hall–Kier alpha value is -2.63. The molecule has 0 saturated heterocycles. The van der Waals surface area contributed by atoms with E-state index in [-0.39, 0.29) is 40.3 Å². The lowest BCUT2D eigenvalue weighted by molar-refractivity contribution is -0.144. The predicted octanol–water partition coefficient (Wildman–Crippen LogP) is 3.89. The molecule has 6 heteroatoms. The topological polar surface area (TPSA) is 101 Å². The van der Waals surface area contributed by atoms with Crippen molar-refractivity contribution in [2.24, 2.45) is 16.7 Å². The third-order valence-electron chi connectivity index (χ3n) is 5.80. The third kappa shape index (κ3) is 2.58. The van der Waals surface area contributed by atoms with Crippen molar-refractivity contribution < 1.29 is 29.3 Å². The van der Waals surface area contributed by atoms with E-state index in [1.807, 2.05) is 13.8 Å². The quantitative estimate of drug-likeness (QED) is 0.604. The summed E-state index contributed by atoms with van der Waals surface area (Å²) in [5.41, 5.74) is -1.75. The van der Waals surface area contributed by atoms with Gasteiger partial charge in [0.15, 0.2) is 17.9 Å². The Morgan fingerprint density at radius 1 is 1.11 bits per heavy atom. The lowest BCUT2D eigenvalue weighted by Gasteiger charge is -2.45. The van der Waals surface area contributed by atoms with Crippen LogP contribution >= 0.6 is 0 Å². The third-order valence-corrected chi connectivity index (χ3v) is 5.80. The Balaban J connectivity index is 2.40. The second-order valence-corrected chi connectivity index (χ2v) is 9.12. The second-order valence-electron chi connectivity index (χ2n) is 9.12.